The van der Waals surface area contributed by atoms with E-state index in [9.17, 15) is 8.78 Å². The highest BCUT2D eigenvalue weighted by molar-refractivity contribution is 5.85. The second kappa shape index (κ2) is 4.85. The molecule has 0 amide bonds. The molecule has 92 valence electrons. The van der Waals surface area contributed by atoms with Gasteiger partial charge in [-0.1, -0.05) is 11.8 Å². The van der Waals surface area contributed by atoms with Crippen molar-refractivity contribution in [2.75, 3.05) is 5.73 Å². The molecule has 1 heterocycles. The lowest BCUT2D eigenvalue weighted by Crippen LogP contribution is -2.34. The van der Waals surface area contributed by atoms with Gasteiger partial charge in [0, 0.05) is 12.4 Å². The van der Waals surface area contributed by atoms with E-state index >= 15 is 0 Å². The number of benzene rings is 1. The van der Waals surface area contributed by atoms with Crippen molar-refractivity contribution >= 4 is 11.9 Å². The van der Waals surface area contributed by atoms with Gasteiger partial charge in [-0.25, -0.2) is 8.78 Å². The van der Waals surface area contributed by atoms with Crippen molar-refractivity contribution in [1.29, 1.82) is 0 Å². The van der Waals surface area contributed by atoms with Crippen LogP contribution in [0.4, 0.5) is 14.5 Å². The van der Waals surface area contributed by atoms with Gasteiger partial charge in [0.2, 0.25) is 0 Å². The van der Waals surface area contributed by atoms with Crippen LogP contribution in [0.15, 0.2) is 28.9 Å². The van der Waals surface area contributed by atoms with Crippen LogP contribution in [0.5, 0.6) is 0 Å². The predicted molar refractivity (Wildman–Crippen MR) is 65.3 cm³/mol. The van der Waals surface area contributed by atoms with Crippen molar-refractivity contribution in [2.24, 2.45) is 10.7 Å². The highest BCUT2D eigenvalue weighted by Crippen LogP contribution is 2.17. The summed E-state index contributed by atoms with van der Waals surface area (Å²) in [6, 6.07) is 2.22. The summed E-state index contributed by atoms with van der Waals surface area (Å²) in [5.41, 5.74) is 10.7. The molecule has 0 radical (unpaired) electrons. The van der Waals surface area contributed by atoms with E-state index in [0.717, 1.165) is 12.1 Å². The molecule has 4 nitrogen and oxygen atoms in total. The average Bonchev–Trinajstić information content (AvgIpc) is 2.36. The number of anilines is 1. The first-order valence-corrected chi connectivity index (χ1v) is 5.08. The van der Waals surface area contributed by atoms with Crippen LogP contribution < -0.4 is 16.8 Å². The summed E-state index contributed by atoms with van der Waals surface area (Å²) < 4.78 is 26.9. The maximum Gasteiger partial charge on any atom is 0.170 e. The summed E-state index contributed by atoms with van der Waals surface area (Å²) in [4.78, 5) is 3.84. The fourth-order valence-corrected chi connectivity index (χ4v) is 1.30. The number of nitrogens with two attached hydrogens (primary N) is 2. The molecule has 18 heavy (non-hydrogen) atoms. The lowest BCUT2D eigenvalue weighted by Gasteiger charge is -2.10. The number of halogens is 2. The molecule has 0 saturated carbocycles. The fraction of sp³-hybridized carbons (Fsp3) is 0.0833. The molecule has 6 heteroatoms. The minimum absolute atomic E-state index is 0.146. The van der Waals surface area contributed by atoms with Gasteiger partial charge in [0.15, 0.2) is 12.1 Å². The first-order chi connectivity index (χ1) is 8.58. The molecule has 1 unspecified atom stereocenters. The van der Waals surface area contributed by atoms with Gasteiger partial charge in [-0.3, -0.25) is 10.7 Å². The standard InChI is InChI=1S/C12H10F2N4/c13-9-3-4-10(15)11(14)8(9)2-1-7-5-17-12(16)18-6-7/h3-6,12,17H,15-16H2. The molecule has 1 atom stereocenters. The normalized spacial score (nSPS) is 17.5. The Morgan fingerprint density at radius 3 is 2.72 bits per heavy atom. The van der Waals surface area contributed by atoms with E-state index in [1.54, 1.807) is 0 Å². The number of nitrogens with zero attached hydrogens (tertiary/aromatic N) is 1. The van der Waals surface area contributed by atoms with E-state index in [1.807, 2.05) is 0 Å². The van der Waals surface area contributed by atoms with Crippen LogP contribution in [0.3, 0.4) is 0 Å². The number of aliphatic imine (C=N–C) groups is 1. The van der Waals surface area contributed by atoms with E-state index in [0.29, 0.717) is 5.57 Å². The molecular weight excluding hydrogens is 238 g/mol. The lowest BCUT2D eigenvalue weighted by atomic mass is 10.1. The molecule has 2 rings (SSSR count). The van der Waals surface area contributed by atoms with Crippen LogP contribution in [0.25, 0.3) is 0 Å². The second-order valence-corrected chi connectivity index (χ2v) is 3.56. The Balaban J connectivity index is 2.31. The minimum atomic E-state index is -0.861. The highest BCUT2D eigenvalue weighted by atomic mass is 19.1. The smallest absolute Gasteiger partial charge is 0.170 e. The molecule has 0 spiro atoms. The first kappa shape index (κ1) is 12.1. The van der Waals surface area contributed by atoms with Crippen molar-refractivity contribution in [1.82, 2.24) is 5.32 Å². The van der Waals surface area contributed by atoms with Gasteiger partial charge in [0.25, 0.3) is 0 Å². The van der Waals surface area contributed by atoms with Gasteiger partial charge in [-0.05, 0) is 12.1 Å². The van der Waals surface area contributed by atoms with Gasteiger partial charge in [-0.2, -0.15) is 0 Å². The van der Waals surface area contributed by atoms with E-state index in [4.69, 9.17) is 11.5 Å². The van der Waals surface area contributed by atoms with Gasteiger partial charge >= 0.3 is 0 Å². The van der Waals surface area contributed by atoms with Crippen LogP contribution in [0.1, 0.15) is 5.56 Å². The molecule has 0 fully saturated rings. The fourth-order valence-electron chi connectivity index (χ4n) is 1.30. The molecule has 1 aromatic carbocycles. The molecule has 1 aliphatic rings. The molecule has 0 aromatic heterocycles. The van der Waals surface area contributed by atoms with E-state index in [-0.39, 0.29) is 11.3 Å². The molecular formula is C12H10F2N4. The van der Waals surface area contributed by atoms with Crippen molar-refractivity contribution in [3.63, 3.8) is 0 Å². The number of hydrogen-bond donors (Lipinski definition) is 3. The van der Waals surface area contributed by atoms with E-state index < -0.39 is 17.9 Å². The predicted octanol–water partition coefficient (Wildman–Crippen LogP) is 0.699. The Morgan fingerprint density at radius 1 is 1.28 bits per heavy atom. The Hall–Kier alpha value is -2.39. The van der Waals surface area contributed by atoms with Crippen LogP contribution >= 0.6 is 0 Å². The Labute approximate surface area is 102 Å². The maximum atomic E-state index is 13.5. The summed E-state index contributed by atoms with van der Waals surface area (Å²) in [5.74, 6) is 3.34. The molecule has 0 bridgehead atoms. The van der Waals surface area contributed by atoms with Crippen LogP contribution in [-0.4, -0.2) is 12.5 Å². The molecule has 1 aliphatic heterocycles. The SMILES string of the molecule is Nc1ccc(F)c(C#CC2=CNC(N)N=C2)c1F. The topological polar surface area (TPSA) is 76.4 Å². The quantitative estimate of drug-likeness (QED) is 0.467. The van der Waals surface area contributed by atoms with Gasteiger partial charge in [-0.15, -0.1) is 0 Å². The third kappa shape index (κ3) is 2.47. The van der Waals surface area contributed by atoms with Crippen LogP contribution in [-0.2, 0) is 0 Å². The summed E-state index contributed by atoms with van der Waals surface area (Å²) in [6.45, 7) is 0. The molecule has 5 N–H and O–H groups in total. The van der Waals surface area contributed by atoms with Crippen molar-refractivity contribution < 1.29 is 8.78 Å². The van der Waals surface area contributed by atoms with Crippen molar-refractivity contribution in [3.05, 3.63) is 41.1 Å². The first-order valence-electron chi connectivity index (χ1n) is 5.08. The van der Waals surface area contributed by atoms with Crippen LogP contribution in [0, 0.1) is 23.5 Å². The number of hydrogen-bond acceptors (Lipinski definition) is 4. The number of nitrogens with one attached hydrogen (secondary N) is 1. The summed E-state index contributed by atoms with van der Waals surface area (Å²) >= 11 is 0. The summed E-state index contributed by atoms with van der Waals surface area (Å²) in [7, 11) is 0. The third-order valence-electron chi connectivity index (χ3n) is 2.24. The molecule has 1 aromatic rings. The van der Waals surface area contributed by atoms with Crippen LogP contribution in [0.2, 0.25) is 0 Å². The maximum absolute atomic E-state index is 13.5. The average molecular weight is 248 g/mol. The Morgan fingerprint density at radius 2 is 2.06 bits per heavy atom. The van der Waals surface area contributed by atoms with Gasteiger partial charge in [0.1, 0.15) is 5.82 Å². The van der Waals surface area contributed by atoms with E-state index in [2.05, 4.69) is 22.2 Å². The molecule has 0 aliphatic carbocycles. The number of nitrogen functional groups attached to an aromatic ring is 1. The van der Waals surface area contributed by atoms with Crippen molar-refractivity contribution in [3.8, 4) is 11.8 Å². The zero-order valence-corrected chi connectivity index (χ0v) is 9.24. The largest absolute Gasteiger partial charge is 0.396 e. The third-order valence-corrected chi connectivity index (χ3v) is 2.24. The Bertz CT molecular complexity index is 596. The summed E-state index contributed by atoms with van der Waals surface area (Å²) in [5, 5.41) is 2.71. The molecule has 0 saturated heterocycles. The number of rotatable bonds is 0. The van der Waals surface area contributed by atoms with E-state index in [1.165, 1.54) is 12.4 Å². The monoisotopic (exact) mass is 248 g/mol. The van der Waals surface area contributed by atoms with Gasteiger partial charge < -0.3 is 11.1 Å². The zero-order valence-electron chi connectivity index (χ0n) is 9.24. The second-order valence-electron chi connectivity index (χ2n) is 3.56. The minimum Gasteiger partial charge on any atom is -0.396 e. The summed E-state index contributed by atoms with van der Waals surface area (Å²) in [6.07, 6.45) is 2.43. The highest BCUT2D eigenvalue weighted by Gasteiger charge is 2.09. The number of allylic oxidation sites excluding steroid dienone is 1. The van der Waals surface area contributed by atoms with Gasteiger partial charge in [0.05, 0.1) is 16.8 Å². The van der Waals surface area contributed by atoms with Crippen molar-refractivity contribution in [2.45, 2.75) is 6.29 Å². The zero-order chi connectivity index (χ0) is 13.1. The lowest BCUT2D eigenvalue weighted by molar-refractivity contribution is 0.580. The Kier molecular flexibility index (Phi) is 3.26.